The highest BCUT2D eigenvalue weighted by atomic mass is 35.5. The number of fused-ring (bicyclic) bond motifs is 3. The van der Waals surface area contributed by atoms with Gasteiger partial charge in [0.15, 0.2) is 11.5 Å². The van der Waals surface area contributed by atoms with Crippen molar-refractivity contribution in [3.05, 3.63) is 71.4 Å². The van der Waals surface area contributed by atoms with Crippen LogP contribution in [0.25, 0.3) is 22.6 Å². The van der Waals surface area contributed by atoms with Crippen molar-refractivity contribution in [2.75, 3.05) is 10.7 Å². The van der Waals surface area contributed by atoms with Gasteiger partial charge in [-0.05, 0) is 48.2 Å². The number of nitrogens with zero attached hydrogens (tertiary/aromatic N) is 4. The van der Waals surface area contributed by atoms with E-state index in [0.29, 0.717) is 39.0 Å². The summed E-state index contributed by atoms with van der Waals surface area (Å²) in [7, 11) is 0. The first kappa shape index (κ1) is 22.4. The van der Waals surface area contributed by atoms with Crippen molar-refractivity contribution in [2.24, 2.45) is 0 Å². The number of benzene rings is 2. The van der Waals surface area contributed by atoms with Crippen LogP contribution in [0, 0.1) is 0 Å². The lowest BCUT2D eigenvalue weighted by Gasteiger charge is -2.29. The molecule has 1 atom stereocenters. The molecule has 7 nitrogen and oxygen atoms in total. The molecule has 0 fully saturated rings. The van der Waals surface area contributed by atoms with Crippen molar-refractivity contribution in [1.82, 2.24) is 15.2 Å². The minimum atomic E-state index is -0.868. The van der Waals surface area contributed by atoms with Crippen LogP contribution in [0.2, 0.25) is 5.02 Å². The Kier molecular flexibility index (Phi) is 6.26. The molecule has 4 aromatic rings. The molecule has 0 radical (unpaired) electrons. The molecule has 0 saturated carbocycles. The maximum absolute atomic E-state index is 13.2. The van der Waals surface area contributed by atoms with Crippen LogP contribution in [0.4, 0.5) is 5.69 Å². The Morgan fingerprint density at radius 1 is 1.06 bits per heavy atom. The highest BCUT2D eigenvalue weighted by Crippen LogP contribution is 2.44. The summed E-state index contributed by atoms with van der Waals surface area (Å²) >= 11 is 7.50. The predicted molar refractivity (Wildman–Crippen MR) is 132 cm³/mol. The van der Waals surface area contributed by atoms with Crippen LogP contribution >= 0.6 is 23.4 Å². The van der Waals surface area contributed by atoms with E-state index in [1.807, 2.05) is 62.4 Å². The molecular formula is C25H21ClN4O3S. The Hall–Kier alpha value is -3.36. The third kappa shape index (κ3) is 4.15. The second-order valence-electron chi connectivity index (χ2n) is 7.49. The monoisotopic (exact) mass is 492 g/mol. The fourth-order valence-electron chi connectivity index (χ4n) is 3.78. The van der Waals surface area contributed by atoms with Crippen LogP contribution in [-0.4, -0.2) is 26.8 Å². The van der Waals surface area contributed by atoms with Crippen molar-refractivity contribution in [3.63, 3.8) is 0 Å². The first-order valence-electron chi connectivity index (χ1n) is 10.9. The lowest BCUT2D eigenvalue weighted by molar-refractivity contribution is -0.120. The number of hydrogen-bond donors (Lipinski definition) is 0. The molecule has 1 aliphatic heterocycles. The van der Waals surface area contributed by atoms with Crippen molar-refractivity contribution in [1.29, 1.82) is 0 Å². The number of halogens is 1. The third-order valence-electron chi connectivity index (χ3n) is 5.36. The molecule has 1 amide bonds. The normalized spacial score (nSPS) is 14.7. The quantitative estimate of drug-likeness (QED) is 0.298. The summed E-state index contributed by atoms with van der Waals surface area (Å²) in [6, 6.07) is 18.5. The molecular weight excluding hydrogens is 472 g/mol. The van der Waals surface area contributed by atoms with E-state index in [4.69, 9.17) is 20.8 Å². The number of carbonyl (C=O) groups excluding carboxylic acids is 1. The second-order valence-corrected chi connectivity index (χ2v) is 9.16. The molecule has 5 rings (SSSR count). The maximum Gasteiger partial charge on any atom is 0.247 e. The van der Waals surface area contributed by atoms with Crippen LogP contribution in [-0.2, 0) is 4.79 Å². The second kappa shape index (κ2) is 9.48. The molecule has 0 N–H and O–H groups in total. The van der Waals surface area contributed by atoms with E-state index in [1.54, 1.807) is 17.0 Å². The summed E-state index contributed by atoms with van der Waals surface area (Å²) in [4.78, 5) is 19.4. The highest BCUT2D eigenvalue weighted by Gasteiger charge is 2.37. The van der Waals surface area contributed by atoms with Gasteiger partial charge in [-0.25, -0.2) is 0 Å². The van der Waals surface area contributed by atoms with E-state index in [2.05, 4.69) is 15.2 Å². The number of amides is 1. The number of furan rings is 1. The molecule has 0 saturated heterocycles. The largest absolute Gasteiger partial charge is 0.455 e. The number of anilines is 1. The lowest BCUT2D eigenvalue weighted by Crippen LogP contribution is -2.37. The Morgan fingerprint density at radius 2 is 1.85 bits per heavy atom. The summed E-state index contributed by atoms with van der Waals surface area (Å²) in [5, 5.41) is 9.80. The van der Waals surface area contributed by atoms with Crippen molar-refractivity contribution >= 4 is 35.0 Å². The number of carbonyl (C=O) groups is 1. The first-order valence-corrected chi connectivity index (χ1v) is 12.3. The SMILES string of the molecule is CCSc1nnc2c(n1)O[C@@H](c1ccc(-c3ccc(Cl)cc3)o1)N(C(=O)CC)c1ccccc1-2. The van der Waals surface area contributed by atoms with Crippen molar-refractivity contribution in [3.8, 4) is 28.5 Å². The first-order chi connectivity index (χ1) is 16.6. The van der Waals surface area contributed by atoms with Gasteiger partial charge in [0.05, 0.1) is 5.69 Å². The van der Waals surface area contributed by atoms with E-state index in [1.165, 1.54) is 11.8 Å². The van der Waals surface area contributed by atoms with Crippen LogP contribution in [0.5, 0.6) is 5.88 Å². The number of para-hydroxylation sites is 1. The van der Waals surface area contributed by atoms with Crippen molar-refractivity contribution in [2.45, 2.75) is 31.7 Å². The summed E-state index contributed by atoms with van der Waals surface area (Å²) in [6.07, 6.45) is -0.585. The Morgan fingerprint density at radius 3 is 2.62 bits per heavy atom. The van der Waals surface area contributed by atoms with E-state index >= 15 is 0 Å². The van der Waals surface area contributed by atoms with Gasteiger partial charge in [-0.1, -0.05) is 55.4 Å². The van der Waals surface area contributed by atoms with Gasteiger partial charge in [-0.15, -0.1) is 10.2 Å². The molecule has 0 unspecified atom stereocenters. The van der Waals surface area contributed by atoms with E-state index < -0.39 is 6.23 Å². The zero-order valence-corrected chi connectivity index (χ0v) is 20.1. The van der Waals surface area contributed by atoms with Gasteiger partial charge in [0, 0.05) is 22.6 Å². The highest BCUT2D eigenvalue weighted by molar-refractivity contribution is 7.99. The molecule has 2 aromatic carbocycles. The molecule has 9 heteroatoms. The lowest BCUT2D eigenvalue weighted by atomic mass is 10.1. The number of thioether (sulfide) groups is 1. The molecule has 172 valence electrons. The smallest absolute Gasteiger partial charge is 0.247 e. The van der Waals surface area contributed by atoms with Gasteiger partial charge in [0.2, 0.25) is 23.2 Å². The van der Waals surface area contributed by atoms with Gasteiger partial charge in [0.25, 0.3) is 0 Å². The molecule has 1 aliphatic rings. The standard InChI is InChI=1S/C25H21ClN4O3S/c1-3-21(31)30-18-8-6-5-7-17(18)22-23(27-25(29-28-22)34-4-2)33-24(30)20-14-13-19(32-20)15-9-11-16(26)12-10-15/h5-14,24H,3-4H2,1-2H3/t24-/m0/s1. The zero-order valence-electron chi connectivity index (χ0n) is 18.6. The van der Waals surface area contributed by atoms with Crippen molar-refractivity contribution < 1.29 is 13.9 Å². The zero-order chi connectivity index (χ0) is 23.7. The Bertz CT molecular complexity index is 1340. The summed E-state index contributed by atoms with van der Waals surface area (Å²) in [6.45, 7) is 3.83. The summed E-state index contributed by atoms with van der Waals surface area (Å²) in [5.74, 6) is 2.09. The number of rotatable bonds is 5. The summed E-state index contributed by atoms with van der Waals surface area (Å²) in [5.41, 5.74) is 2.73. The van der Waals surface area contributed by atoms with Crippen LogP contribution in [0.1, 0.15) is 32.3 Å². The van der Waals surface area contributed by atoms with E-state index in [0.717, 1.165) is 16.9 Å². The average molecular weight is 493 g/mol. The fraction of sp³-hybridized carbons (Fsp3) is 0.200. The van der Waals surface area contributed by atoms with Crippen LogP contribution in [0.3, 0.4) is 0 Å². The molecule has 3 heterocycles. The fourth-order valence-corrected chi connectivity index (χ4v) is 4.41. The summed E-state index contributed by atoms with van der Waals surface area (Å²) < 4.78 is 12.6. The van der Waals surface area contributed by atoms with E-state index in [9.17, 15) is 4.79 Å². The maximum atomic E-state index is 13.2. The van der Waals surface area contributed by atoms with Gasteiger partial charge in [-0.2, -0.15) is 4.98 Å². The number of ether oxygens (including phenoxy) is 1. The topological polar surface area (TPSA) is 81.3 Å². The minimum Gasteiger partial charge on any atom is -0.455 e. The van der Waals surface area contributed by atoms with Gasteiger partial charge in [0.1, 0.15) is 5.76 Å². The number of hydrogen-bond acceptors (Lipinski definition) is 7. The number of aromatic nitrogens is 3. The van der Waals surface area contributed by atoms with E-state index in [-0.39, 0.29) is 12.3 Å². The molecule has 0 bridgehead atoms. The molecule has 34 heavy (non-hydrogen) atoms. The average Bonchev–Trinajstić information content (AvgIpc) is 3.29. The third-order valence-corrected chi connectivity index (χ3v) is 6.33. The van der Waals surface area contributed by atoms with Crippen LogP contribution in [0.15, 0.2) is 70.2 Å². The minimum absolute atomic E-state index is 0.120. The van der Waals surface area contributed by atoms with Gasteiger partial charge < -0.3 is 9.15 Å². The van der Waals surface area contributed by atoms with Crippen LogP contribution < -0.4 is 9.64 Å². The molecule has 0 spiro atoms. The Balaban J connectivity index is 1.65. The van der Waals surface area contributed by atoms with Gasteiger partial charge in [-0.3, -0.25) is 9.69 Å². The molecule has 0 aliphatic carbocycles. The van der Waals surface area contributed by atoms with Gasteiger partial charge >= 0.3 is 0 Å². The Labute approximate surface area is 206 Å². The predicted octanol–water partition coefficient (Wildman–Crippen LogP) is 6.40. The molecule has 2 aromatic heterocycles.